The molecule has 1 aromatic heterocycles. The van der Waals surface area contributed by atoms with Crippen molar-refractivity contribution in [2.45, 2.75) is 20.3 Å². The van der Waals surface area contributed by atoms with Crippen LogP contribution in [-0.2, 0) is 20.7 Å². The molecule has 0 aliphatic carbocycles. The summed E-state index contributed by atoms with van der Waals surface area (Å²) in [5, 5.41) is 4.49. The third-order valence-corrected chi connectivity index (χ3v) is 5.00. The van der Waals surface area contributed by atoms with Gasteiger partial charge in [0, 0.05) is 31.4 Å². The average molecular weight is 388 g/mol. The van der Waals surface area contributed by atoms with E-state index in [-0.39, 0.29) is 30.6 Å². The monoisotopic (exact) mass is 388 g/mol. The smallest absolute Gasteiger partial charge is 0.242 e. The van der Waals surface area contributed by atoms with Crippen molar-refractivity contribution in [2.24, 2.45) is 0 Å². The van der Waals surface area contributed by atoms with Gasteiger partial charge in [-0.05, 0) is 38.1 Å². The number of carbonyl (C=O) groups excluding carboxylic acids is 2. The maximum absolute atomic E-state index is 13.2. The van der Waals surface area contributed by atoms with E-state index in [1.54, 1.807) is 28.8 Å². The van der Waals surface area contributed by atoms with Crippen LogP contribution >= 0.6 is 0 Å². The number of aryl methyl sites for hydroxylation is 1. The molecule has 0 N–H and O–H groups in total. The molecule has 7 nitrogen and oxygen atoms in total. The van der Waals surface area contributed by atoms with Crippen LogP contribution in [0.25, 0.3) is 5.69 Å². The van der Waals surface area contributed by atoms with Crippen molar-refractivity contribution in [1.82, 2.24) is 19.6 Å². The Labute approximate surface area is 163 Å². The SMILES string of the molecule is Cc1nn(-c2ccc(F)cc2)c(C)c1CC(=O)N(C)CC(=O)N1CCOCC1. The van der Waals surface area contributed by atoms with Gasteiger partial charge in [-0.2, -0.15) is 5.10 Å². The fourth-order valence-corrected chi connectivity index (χ4v) is 3.25. The molecular formula is C20H25FN4O3. The predicted octanol–water partition coefficient (Wildman–Crippen LogP) is 1.49. The van der Waals surface area contributed by atoms with E-state index < -0.39 is 0 Å². The summed E-state index contributed by atoms with van der Waals surface area (Å²) < 4.78 is 20.1. The highest BCUT2D eigenvalue weighted by molar-refractivity contribution is 5.86. The standard InChI is InChI=1S/C20H25FN4O3/c1-14-18(15(2)25(22-14)17-6-4-16(21)5-7-17)12-19(26)23(3)13-20(27)24-8-10-28-11-9-24/h4-7H,8-13H2,1-3H3. The van der Waals surface area contributed by atoms with Gasteiger partial charge < -0.3 is 14.5 Å². The number of amides is 2. The minimum atomic E-state index is -0.313. The normalized spacial score (nSPS) is 14.2. The summed E-state index contributed by atoms with van der Waals surface area (Å²) in [5.74, 6) is -0.534. The molecule has 0 spiro atoms. The number of likely N-dealkylation sites (N-methyl/N-ethyl adjacent to an activating group) is 1. The van der Waals surface area contributed by atoms with Gasteiger partial charge in [0.05, 0.1) is 37.6 Å². The van der Waals surface area contributed by atoms with Gasteiger partial charge in [0.15, 0.2) is 0 Å². The zero-order chi connectivity index (χ0) is 20.3. The molecule has 0 unspecified atom stereocenters. The summed E-state index contributed by atoms with van der Waals surface area (Å²) >= 11 is 0. The molecule has 1 aromatic carbocycles. The average Bonchev–Trinajstić information content (AvgIpc) is 2.97. The number of halogens is 1. The Kier molecular flexibility index (Phi) is 6.08. The van der Waals surface area contributed by atoms with Crippen LogP contribution in [-0.4, -0.2) is 71.3 Å². The molecule has 0 saturated carbocycles. The first-order chi connectivity index (χ1) is 13.4. The Morgan fingerprint density at radius 1 is 1.18 bits per heavy atom. The summed E-state index contributed by atoms with van der Waals surface area (Å²) in [6.45, 7) is 5.95. The lowest BCUT2D eigenvalue weighted by atomic mass is 10.1. The first kappa shape index (κ1) is 20.0. The molecule has 2 aromatic rings. The van der Waals surface area contributed by atoms with Crippen molar-refractivity contribution < 1.29 is 18.7 Å². The van der Waals surface area contributed by atoms with E-state index in [1.807, 2.05) is 13.8 Å². The molecule has 28 heavy (non-hydrogen) atoms. The number of benzene rings is 1. The van der Waals surface area contributed by atoms with Crippen LogP contribution in [0.1, 0.15) is 17.0 Å². The van der Waals surface area contributed by atoms with E-state index in [1.165, 1.54) is 17.0 Å². The van der Waals surface area contributed by atoms with Crippen LogP contribution < -0.4 is 0 Å². The van der Waals surface area contributed by atoms with Gasteiger partial charge in [0.2, 0.25) is 11.8 Å². The minimum absolute atomic E-state index is 0.0447. The Morgan fingerprint density at radius 3 is 2.46 bits per heavy atom. The van der Waals surface area contributed by atoms with Gasteiger partial charge in [-0.3, -0.25) is 9.59 Å². The number of aromatic nitrogens is 2. The number of ether oxygens (including phenoxy) is 1. The van der Waals surface area contributed by atoms with E-state index in [4.69, 9.17) is 4.74 Å². The number of rotatable bonds is 5. The van der Waals surface area contributed by atoms with Gasteiger partial charge in [0.1, 0.15) is 5.82 Å². The fraction of sp³-hybridized carbons (Fsp3) is 0.450. The number of nitrogens with zero attached hydrogens (tertiary/aromatic N) is 4. The van der Waals surface area contributed by atoms with Crippen LogP contribution in [0.15, 0.2) is 24.3 Å². The van der Waals surface area contributed by atoms with Gasteiger partial charge in [-0.1, -0.05) is 0 Å². The van der Waals surface area contributed by atoms with E-state index in [9.17, 15) is 14.0 Å². The van der Waals surface area contributed by atoms with Crippen LogP contribution in [0.2, 0.25) is 0 Å². The van der Waals surface area contributed by atoms with E-state index >= 15 is 0 Å². The third kappa shape index (κ3) is 4.39. The van der Waals surface area contributed by atoms with Gasteiger partial charge >= 0.3 is 0 Å². The van der Waals surface area contributed by atoms with Gasteiger partial charge in [-0.25, -0.2) is 9.07 Å². The quantitative estimate of drug-likeness (QED) is 0.778. The molecule has 1 saturated heterocycles. The number of morpholine rings is 1. The largest absolute Gasteiger partial charge is 0.378 e. The number of hydrogen-bond donors (Lipinski definition) is 0. The molecular weight excluding hydrogens is 363 g/mol. The zero-order valence-corrected chi connectivity index (χ0v) is 16.4. The van der Waals surface area contributed by atoms with E-state index in [0.29, 0.717) is 26.3 Å². The molecule has 3 rings (SSSR count). The maximum atomic E-state index is 13.2. The molecule has 0 atom stereocenters. The van der Waals surface area contributed by atoms with Crippen molar-refractivity contribution in [2.75, 3.05) is 39.9 Å². The highest BCUT2D eigenvalue weighted by atomic mass is 19.1. The summed E-state index contributed by atoms with van der Waals surface area (Å²) in [6, 6.07) is 6.05. The van der Waals surface area contributed by atoms with Crippen molar-refractivity contribution in [1.29, 1.82) is 0 Å². The van der Waals surface area contributed by atoms with Crippen LogP contribution in [0.3, 0.4) is 0 Å². The van der Waals surface area contributed by atoms with Crippen molar-refractivity contribution in [3.8, 4) is 5.69 Å². The predicted molar refractivity (Wildman–Crippen MR) is 102 cm³/mol. The Morgan fingerprint density at radius 2 is 1.82 bits per heavy atom. The molecule has 2 heterocycles. The van der Waals surface area contributed by atoms with Crippen LogP contribution in [0, 0.1) is 19.7 Å². The van der Waals surface area contributed by atoms with Crippen LogP contribution in [0.5, 0.6) is 0 Å². The lowest BCUT2D eigenvalue weighted by Crippen LogP contribution is -2.46. The lowest BCUT2D eigenvalue weighted by Gasteiger charge is -2.28. The Hall–Kier alpha value is -2.74. The van der Waals surface area contributed by atoms with E-state index in [2.05, 4.69) is 5.10 Å². The van der Waals surface area contributed by atoms with Crippen LogP contribution in [0.4, 0.5) is 4.39 Å². The van der Waals surface area contributed by atoms with Gasteiger partial charge in [-0.15, -0.1) is 0 Å². The highest BCUT2D eigenvalue weighted by Gasteiger charge is 2.22. The first-order valence-electron chi connectivity index (χ1n) is 9.27. The van der Waals surface area contributed by atoms with Crippen molar-refractivity contribution in [3.05, 3.63) is 47.0 Å². The molecule has 150 valence electrons. The highest BCUT2D eigenvalue weighted by Crippen LogP contribution is 2.19. The summed E-state index contributed by atoms with van der Waals surface area (Å²) in [5.41, 5.74) is 3.12. The fourth-order valence-electron chi connectivity index (χ4n) is 3.25. The summed E-state index contributed by atoms with van der Waals surface area (Å²) in [7, 11) is 1.63. The Bertz CT molecular complexity index is 857. The minimum Gasteiger partial charge on any atom is -0.378 e. The second-order valence-electron chi connectivity index (χ2n) is 6.96. The second-order valence-corrected chi connectivity index (χ2v) is 6.96. The Balaban J connectivity index is 1.68. The second kappa shape index (κ2) is 8.52. The van der Waals surface area contributed by atoms with E-state index in [0.717, 1.165) is 22.6 Å². The molecule has 1 aliphatic rings. The molecule has 2 amide bonds. The molecule has 1 fully saturated rings. The third-order valence-electron chi connectivity index (χ3n) is 5.00. The maximum Gasteiger partial charge on any atom is 0.242 e. The summed E-state index contributed by atoms with van der Waals surface area (Å²) in [4.78, 5) is 28.2. The van der Waals surface area contributed by atoms with Crippen molar-refractivity contribution >= 4 is 11.8 Å². The number of hydrogen-bond acceptors (Lipinski definition) is 4. The summed E-state index contributed by atoms with van der Waals surface area (Å²) in [6.07, 6.45) is 0.158. The molecule has 8 heteroatoms. The topological polar surface area (TPSA) is 67.7 Å². The molecule has 0 bridgehead atoms. The number of carbonyl (C=O) groups is 2. The first-order valence-corrected chi connectivity index (χ1v) is 9.27. The zero-order valence-electron chi connectivity index (χ0n) is 16.4. The molecule has 1 aliphatic heterocycles. The van der Waals surface area contributed by atoms with Crippen molar-refractivity contribution in [3.63, 3.8) is 0 Å². The molecule has 0 radical (unpaired) electrons. The lowest BCUT2D eigenvalue weighted by molar-refractivity contribution is -0.141. The van der Waals surface area contributed by atoms with Gasteiger partial charge in [0.25, 0.3) is 0 Å².